The molecule has 7 heteroatoms. The summed E-state index contributed by atoms with van der Waals surface area (Å²) in [6, 6.07) is 6.17. The Kier molecular flexibility index (Phi) is 5.02. The second kappa shape index (κ2) is 7.47. The summed E-state index contributed by atoms with van der Waals surface area (Å²) >= 11 is 1.28. The van der Waals surface area contributed by atoms with E-state index in [9.17, 15) is 14.0 Å². The van der Waals surface area contributed by atoms with E-state index in [1.807, 2.05) is 11.8 Å². The van der Waals surface area contributed by atoms with Gasteiger partial charge in [0.1, 0.15) is 10.6 Å². The average Bonchev–Trinajstić information content (AvgIpc) is 3.01. The van der Waals surface area contributed by atoms with Gasteiger partial charge in [0.2, 0.25) is 0 Å². The van der Waals surface area contributed by atoms with Crippen molar-refractivity contribution in [2.45, 2.75) is 33.2 Å². The number of aryl methyl sites for hydroxylation is 1. The summed E-state index contributed by atoms with van der Waals surface area (Å²) in [4.78, 5) is 33.4. The van der Waals surface area contributed by atoms with Crippen LogP contribution >= 0.6 is 11.3 Å². The predicted molar refractivity (Wildman–Crippen MR) is 108 cm³/mol. The summed E-state index contributed by atoms with van der Waals surface area (Å²) in [5.41, 5.74) is 1.18. The molecule has 1 saturated heterocycles. The molecule has 146 valence electrons. The smallest absolute Gasteiger partial charge is 0.264 e. The van der Waals surface area contributed by atoms with Gasteiger partial charge in [-0.1, -0.05) is 19.1 Å². The number of piperidine rings is 1. The van der Waals surface area contributed by atoms with Gasteiger partial charge in [0.15, 0.2) is 0 Å². The maximum Gasteiger partial charge on any atom is 0.264 e. The number of benzene rings is 1. The summed E-state index contributed by atoms with van der Waals surface area (Å²) < 4.78 is 14.9. The second-order valence-electron chi connectivity index (χ2n) is 7.52. The maximum atomic E-state index is 13.4. The van der Waals surface area contributed by atoms with Crippen molar-refractivity contribution in [3.63, 3.8) is 0 Å². The molecule has 4 rings (SSSR count). The first-order valence-electron chi connectivity index (χ1n) is 9.46. The van der Waals surface area contributed by atoms with Crippen molar-refractivity contribution >= 4 is 27.5 Å². The van der Waals surface area contributed by atoms with Gasteiger partial charge in [-0.3, -0.25) is 14.2 Å². The number of carbonyl (C=O) groups is 1. The van der Waals surface area contributed by atoms with Crippen molar-refractivity contribution in [3.8, 4) is 0 Å². The third kappa shape index (κ3) is 3.46. The fourth-order valence-corrected chi connectivity index (χ4v) is 4.77. The molecule has 28 heavy (non-hydrogen) atoms. The first-order chi connectivity index (χ1) is 13.4. The van der Waals surface area contributed by atoms with Crippen LogP contribution in [0.4, 0.5) is 4.39 Å². The molecule has 0 unspecified atom stereocenters. The van der Waals surface area contributed by atoms with Crippen LogP contribution in [0, 0.1) is 18.7 Å². The molecule has 2 aromatic heterocycles. The molecule has 0 radical (unpaired) electrons. The van der Waals surface area contributed by atoms with Crippen molar-refractivity contribution in [1.29, 1.82) is 0 Å². The fourth-order valence-electron chi connectivity index (χ4n) is 3.66. The lowest BCUT2D eigenvalue weighted by molar-refractivity contribution is 0.0701. The van der Waals surface area contributed by atoms with Gasteiger partial charge in [-0.15, -0.1) is 11.3 Å². The zero-order valence-corrected chi connectivity index (χ0v) is 16.8. The molecule has 0 bridgehead atoms. The van der Waals surface area contributed by atoms with E-state index in [4.69, 9.17) is 0 Å². The maximum absolute atomic E-state index is 13.4. The Labute approximate surface area is 166 Å². The highest BCUT2D eigenvalue weighted by Gasteiger charge is 2.26. The monoisotopic (exact) mass is 399 g/mol. The van der Waals surface area contributed by atoms with Crippen LogP contribution in [0.15, 0.2) is 35.4 Å². The molecule has 1 amide bonds. The Morgan fingerprint density at radius 1 is 1.32 bits per heavy atom. The van der Waals surface area contributed by atoms with E-state index < -0.39 is 0 Å². The Morgan fingerprint density at radius 3 is 2.79 bits per heavy atom. The first-order valence-corrected chi connectivity index (χ1v) is 10.3. The van der Waals surface area contributed by atoms with E-state index in [2.05, 4.69) is 11.9 Å². The van der Waals surface area contributed by atoms with Crippen molar-refractivity contribution < 1.29 is 9.18 Å². The SMILES string of the molecule is Cc1c(C(=O)N2CCC(C)CC2)sc2ncn(Cc3cccc(F)c3)c(=O)c12. The minimum atomic E-state index is -0.338. The molecule has 0 aliphatic carbocycles. The minimum absolute atomic E-state index is 0.0107. The van der Waals surface area contributed by atoms with Gasteiger partial charge in [0, 0.05) is 13.1 Å². The van der Waals surface area contributed by atoms with Crippen LogP contribution in [0.3, 0.4) is 0 Å². The molecular formula is C21H22FN3O2S. The highest BCUT2D eigenvalue weighted by atomic mass is 32.1. The molecule has 3 aromatic rings. The van der Waals surface area contributed by atoms with Crippen molar-refractivity contribution in [3.05, 3.63) is 62.8 Å². The molecule has 1 aromatic carbocycles. The quantitative estimate of drug-likeness (QED) is 0.673. The number of hydrogen-bond donors (Lipinski definition) is 0. The number of rotatable bonds is 3. The minimum Gasteiger partial charge on any atom is -0.338 e. The van der Waals surface area contributed by atoms with Gasteiger partial charge in [-0.25, -0.2) is 9.37 Å². The number of likely N-dealkylation sites (tertiary alicyclic amines) is 1. The van der Waals surface area contributed by atoms with Gasteiger partial charge in [0.05, 0.1) is 23.1 Å². The molecule has 1 aliphatic heterocycles. The molecule has 1 fully saturated rings. The fraction of sp³-hybridized carbons (Fsp3) is 0.381. The lowest BCUT2D eigenvalue weighted by Gasteiger charge is -2.30. The molecular weight excluding hydrogens is 377 g/mol. The lowest BCUT2D eigenvalue weighted by atomic mass is 9.99. The summed E-state index contributed by atoms with van der Waals surface area (Å²) in [5, 5.41) is 0.484. The van der Waals surface area contributed by atoms with E-state index in [1.165, 1.54) is 34.4 Å². The zero-order chi connectivity index (χ0) is 19.8. The number of amides is 1. The predicted octanol–water partition coefficient (Wildman–Crippen LogP) is 3.83. The number of fused-ring (bicyclic) bond motifs is 1. The van der Waals surface area contributed by atoms with E-state index in [-0.39, 0.29) is 23.8 Å². The third-order valence-corrected chi connectivity index (χ3v) is 6.61. The van der Waals surface area contributed by atoms with Crippen LogP contribution in [0.1, 0.15) is 40.6 Å². The molecule has 1 aliphatic rings. The number of nitrogens with zero attached hydrogens (tertiary/aromatic N) is 3. The number of halogens is 1. The standard InChI is InChI=1S/C21H22FN3O2S/c1-13-6-8-24(9-7-13)21(27)18-14(2)17-19(28-18)23-12-25(20(17)26)11-15-4-3-5-16(22)10-15/h3-5,10,12-13H,6-9,11H2,1-2H3. The summed E-state index contributed by atoms with van der Waals surface area (Å²) in [5.74, 6) is 0.294. The van der Waals surface area contributed by atoms with Crippen LogP contribution in [-0.2, 0) is 6.54 Å². The first kappa shape index (κ1) is 18.8. The van der Waals surface area contributed by atoms with E-state index >= 15 is 0 Å². The van der Waals surface area contributed by atoms with Crippen LogP contribution in [0.25, 0.3) is 10.2 Å². The van der Waals surface area contributed by atoms with E-state index in [0.717, 1.165) is 25.9 Å². The Bertz CT molecular complexity index is 1100. The van der Waals surface area contributed by atoms with Crippen molar-refractivity contribution in [2.75, 3.05) is 13.1 Å². The van der Waals surface area contributed by atoms with Gasteiger partial charge >= 0.3 is 0 Å². The van der Waals surface area contributed by atoms with Crippen LogP contribution in [0.5, 0.6) is 0 Å². The van der Waals surface area contributed by atoms with Gasteiger partial charge in [-0.05, 0) is 48.9 Å². The summed E-state index contributed by atoms with van der Waals surface area (Å²) in [6.07, 6.45) is 3.49. The number of thiophene rings is 1. The highest BCUT2D eigenvalue weighted by Crippen LogP contribution is 2.29. The number of carbonyl (C=O) groups excluding carboxylic acids is 1. The molecule has 0 saturated carbocycles. The average molecular weight is 399 g/mol. The highest BCUT2D eigenvalue weighted by molar-refractivity contribution is 7.20. The number of aromatic nitrogens is 2. The van der Waals surface area contributed by atoms with E-state index in [0.29, 0.717) is 32.1 Å². The molecule has 0 spiro atoms. The number of hydrogen-bond acceptors (Lipinski definition) is 4. The van der Waals surface area contributed by atoms with E-state index in [1.54, 1.807) is 12.1 Å². The van der Waals surface area contributed by atoms with Crippen LogP contribution < -0.4 is 5.56 Å². The second-order valence-corrected chi connectivity index (χ2v) is 8.52. The van der Waals surface area contributed by atoms with Crippen molar-refractivity contribution in [1.82, 2.24) is 14.5 Å². The Balaban J connectivity index is 1.68. The molecule has 3 heterocycles. The van der Waals surface area contributed by atoms with Gasteiger partial charge in [0.25, 0.3) is 11.5 Å². The largest absolute Gasteiger partial charge is 0.338 e. The summed E-state index contributed by atoms with van der Waals surface area (Å²) in [7, 11) is 0. The van der Waals surface area contributed by atoms with Gasteiger partial charge in [-0.2, -0.15) is 0 Å². The van der Waals surface area contributed by atoms with Crippen molar-refractivity contribution in [2.24, 2.45) is 5.92 Å². The molecule has 0 atom stereocenters. The molecule has 0 N–H and O–H groups in total. The summed E-state index contributed by atoms with van der Waals surface area (Å²) in [6.45, 7) is 5.77. The Morgan fingerprint density at radius 2 is 2.07 bits per heavy atom. The Hall–Kier alpha value is -2.54. The molecule has 5 nitrogen and oxygen atoms in total. The normalized spacial score (nSPS) is 15.3. The van der Waals surface area contributed by atoms with Gasteiger partial charge < -0.3 is 4.90 Å². The third-order valence-electron chi connectivity index (χ3n) is 5.42. The zero-order valence-electron chi connectivity index (χ0n) is 15.9. The van der Waals surface area contributed by atoms with Crippen LogP contribution in [0.2, 0.25) is 0 Å². The van der Waals surface area contributed by atoms with Crippen LogP contribution in [-0.4, -0.2) is 33.4 Å². The lowest BCUT2D eigenvalue weighted by Crippen LogP contribution is -2.37. The topological polar surface area (TPSA) is 55.2 Å².